The molecule has 1 N–H and O–H groups in total. The molecule has 9 heteroatoms. The number of nitrogens with one attached hydrogen (secondary N) is 1. The van der Waals surface area contributed by atoms with Gasteiger partial charge in [0.1, 0.15) is 15.9 Å². The van der Waals surface area contributed by atoms with Gasteiger partial charge in [0.25, 0.3) is 10.0 Å². The monoisotopic (exact) mass is 403 g/mol. The molecule has 108 valence electrons. The largest absolute Gasteiger partial charge is 0.276 e. The quantitative estimate of drug-likeness (QED) is 0.718. The van der Waals surface area contributed by atoms with E-state index in [0.29, 0.717) is 15.5 Å². The van der Waals surface area contributed by atoms with Gasteiger partial charge >= 0.3 is 0 Å². The molecule has 0 aliphatic heterocycles. The highest BCUT2D eigenvalue weighted by Crippen LogP contribution is 2.32. The molecule has 0 aliphatic rings. The molecule has 0 atom stereocenters. The molecule has 0 bridgehead atoms. The van der Waals surface area contributed by atoms with E-state index in [1.807, 2.05) is 0 Å². The van der Waals surface area contributed by atoms with Gasteiger partial charge in [0.15, 0.2) is 0 Å². The fourth-order valence-corrected chi connectivity index (χ4v) is 4.67. The molecular formula is C12H7BrClN3O2S2. The molecule has 3 rings (SSSR count). The number of nitrogens with zero attached hydrogens (tertiary/aromatic N) is 2. The number of fused-ring (bicyclic) bond motifs is 1. The van der Waals surface area contributed by atoms with Crippen LogP contribution in [0.2, 0.25) is 5.02 Å². The molecule has 21 heavy (non-hydrogen) atoms. The zero-order valence-electron chi connectivity index (χ0n) is 10.2. The summed E-state index contributed by atoms with van der Waals surface area (Å²) in [7, 11) is -3.78. The van der Waals surface area contributed by atoms with Crippen LogP contribution in [0.5, 0.6) is 0 Å². The van der Waals surface area contributed by atoms with E-state index in [1.165, 1.54) is 6.07 Å². The van der Waals surface area contributed by atoms with Crippen molar-refractivity contribution in [3.05, 3.63) is 45.9 Å². The van der Waals surface area contributed by atoms with Gasteiger partial charge in [0.2, 0.25) is 0 Å². The first-order valence-corrected chi connectivity index (χ1v) is 9.05. The van der Waals surface area contributed by atoms with Crippen LogP contribution >= 0.6 is 39.3 Å². The molecule has 2 aromatic carbocycles. The molecule has 0 unspecified atom stereocenters. The van der Waals surface area contributed by atoms with Crippen LogP contribution in [0.25, 0.3) is 11.0 Å². The summed E-state index contributed by atoms with van der Waals surface area (Å²) < 4.78 is 36.1. The van der Waals surface area contributed by atoms with E-state index in [-0.39, 0.29) is 15.6 Å². The highest BCUT2D eigenvalue weighted by Gasteiger charge is 2.21. The summed E-state index contributed by atoms with van der Waals surface area (Å²) >= 11 is 10.3. The minimum atomic E-state index is -3.78. The lowest BCUT2D eigenvalue weighted by Crippen LogP contribution is -2.14. The Balaban J connectivity index is 2.12. The van der Waals surface area contributed by atoms with Crippen LogP contribution in [0.4, 0.5) is 5.69 Å². The molecule has 3 aromatic rings. The van der Waals surface area contributed by atoms with E-state index in [4.69, 9.17) is 11.6 Å². The smallest absolute Gasteiger partial charge is 0.263 e. The first kappa shape index (κ1) is 14.7. The van der Waals surface area contributed by atoms with Crippen molar-refractivity contribution in [2.24, 2.45) is 0 Å². The summed E-state index contributed by atoms with van der Waals surface area (Å²) in [5.74, 6) is 0. The van der Waals surface area contributed by atoms with Crippen LogP contribution in [-0.4, -0.2) is 17.2 Å². The Bertz CT molecular complexity index is 927. The van der Waals surface area contributed by atoms with Crippen molar-refractivity contribution in [2.75, 3.05) is 4.72 Å². The van der Waals surface area contributed by atoms with Gasteiger partial charge in [-0.15, -0.1) is 0 Å². The lowest BCUT2D eigenvalue weighted by atomic mass is 10.3. The Kier molecular flexibility index (Phi) is 3.87. The molecule has 1 heterocycles. The van der Waals surface area contributed by atoms with Gasteiger partial charge < -0.3 is 0 Å². The summed E-state index contributed by atoms with van der Waals surface area (Å²) in [6.45, 7) is 0. The summed E-state index contributed by atoms with van der Waals surface area (Å²) in [5.41, 5.74) is 1.26. The van der Waals surface area contributed by atoms with Crippen LogP contribution in [0.3, 0.4) is 0 Å². The summed E-state index contributed by atoms with van der Waals surface area (Å²) in [4.78, 5) is 0.126. The number of anilines is 1. The van der Waals surface area contributed by atoms with E-state index in [0.717, 1.165) is 11.7 Å². The SMILES string of the molecule is O=S(=O)(Nc1c(Cl)ccc2nsnc12)c1ccccc1Br. The Morgan fingerprint density at radius 3 is 2.67 bits per heavy atom. The van der Waals surface area contributed by atoms with Gasteiger partial charge in [0, 0.05) is 4.47 Å². The van der Waals surface area contributed by atoms with Crippen LogP contribution in [0, 0.1) is 0 Å². The maximum Gasteiger partial charge on any atom is 0.263 e. The van der Waals surface area contributed by atoms with Crippen molar-refractivity contribution in [2.45, 2.75) is 4.90 Å². The van der Waals surface area contributed by atoms with Crippen molar-refractivity contribution >= 4 is 66.0 Å². The number of hydrogen-bond acceptors (Lipinski definition) is 5. The third-order valence-electron chi connectivity index (χ3n) is 2.74. The maximum absolute atomic E-state index is 12.5. The Morgan fingerprint density at radius 2 is 1.90 bits per heavy atom. The van der Waals surface area contributed by atoms with Gasteiger partial charge in [0.05, 0.1) is 22.4 Å². The highest BCUT2D eigenvalue weighted by molar-refractivity contribution is 9.10. The van der Waals surface area contributed by atoms with Crippen LogP contribution in [0.1, 0.15) is 0 Å². The second kappa shape index (κ2) is 5.53. The molecular weight excluding hydrogens is 398 g/mol. The lowest BCUT2D eigenvalue weighted by Gasteiger charge is -2.11. The van der Waals surface area contributed by atoms with E-state index < -0.39 is 10.0 Å². The number of benzene rings is 2. The molecule has 0 aliphatic carbocycles. The molecule has 5 nitrogen and oxygen atoms in total. The predicted octanol–water partition coefficient (Wildman–Crippen LogP) is 3.91. The van der Waals surface area contributed by atoms with Crippen molar-refractivity contribution in [3.8, 4) is 0 Å². The fraction of sp³-hybridized carbons (Fsp3) is 0. The molecule has 0 spiro atoms. The fourth-order valence-electron chi connectivity index (χ4n) is 1.78. The molecule has 0 saturated carbocycles. The maximum atomic E-state index is 12.5. The first-order valence-electron chi connectivity index (χ1n) is 5.67. The van der Waals surface area contributed by atoms with Crippen LogP contribution in [0.15, 0.2) is 45.8 Å². The average molecular weight is 405 g/mol. The number of aromatic nitrogens is 2. The lowest BCUT2D eigenvalue weighted by molar-refractivity contribution is 0.601. The second-order valence-electron chi connectivity index (χ2n) is 4.09. The average Bonchev–Trinajstić information content (AvgIpc) is 2.91. The summed E-state index contributed by atoms with van der Waals surface area (Å²) in [6, 6.07) is 9.81. The molecule has 0 amide bonds. The Morgan fingerprint density at radius 1 is 1.14 bits per heavy atom. The van der Waals surface area contributed by atoms with Gasteiger partial charge in [-0.2, -0.15) is 8.75 Å². The van der Waals surface area contributed by atoms with Crippen molar-refractivity contribution in [1.82, 2.24) is 8.75 Å². The molecule has 1 aromatic heterocycles. The first-order chi connectivity index (χ1) is 9.99. The predicted molar refractivity (Wildman–Crippen MR) is 87.4 cm³/mol. The van der Waals surface area contributed by atoms with E-state index >= 15 is 0 Å². The van der Waals surface area contributed by atoms with Gasteiger partial charge in [-0.1, -0.05) is 23.7 Å². The molecule has 0 radical (unpaired) electrons. The zero-order valence-corrected chi connectivity index (χ0v) is 14.2. The number of rotatable bonds is 3. The normalized spacial score (nSPS) is 11.7. The summed E-state index contributed by atoms with van der Waals surface area (Å²) in [5, 5.41) is 0.269. The zero-order chi connectivity index (χ0) is 15.0. The standard InChI is InChI=1S/C12H7BrClN3O2S2/c13-7-3-1-2-4-10(7)21(18,19)17-11-8(14)5-6-9-12(11)16-20-15-9/h1-6,17H. The van der Waals surface area contributed by atoms with Crippen molar-refractivity contribution < 1.29 is 8.42 Å². The highest BCUT2D eigenvalue weighted by atomic mass is 79.9. The third kappa shape index (κ3) is 2.76. The Labute approximate surface area is 138 Å². The number of sulfonamides is 1. The number of hydrogen-bond donors (Lipinski definition) is 1. The van der Waals surface area contributed by atoms with Crippen molar-refractivity contribution in [1.29, 1.82) is 0 Å². The molecule has 0 saturated heterocycles. The Hall–Kier alpha value is -1.22. The topological polar surface area (TPSA) is 72.0 Å². The van der Waals surface area contributed by atoms with Crippen LogP contribution in [-0.2, 0) is 10.0 Å². The summed E-state index contributed by atoms with van der Waals surface area (Å²) in [6.07, 6.45) is 0. The van der Waals surface area contributed by atoms with E-state index in [2.05, 4.69) is 29.4 Å². The van der Waals surface area contributed by atoms with Gasteiger partial charge in [-0.25, -0.2) is 8.42 Å². The van der Waals surface area contributed by atoms with Crippen molar-refractivity contribution in [3.63, 3.8) is 0 Å². The van der Waals surface area contributed by atoms with E-state index in [9.17, 15) is 8.42 Å². The third-order valence-corrected chi connectivity index (χ3v) is 5.96. The molecule has 0 fully saturated rings. The van der Waals surface area contributed by atoms with Gasteiger partial charge in [-0.05, 0) is 40.2 Å². The van der Waals surface area contributed by atoms with E-state index in [1.54, 1.807) is 30.3 Å². The van der Waals surface area contributed by atoms with Gasteiger partial charge in [-0.3, -0.25) is 4.72 Å². The minimum absolute atomic E-state index is 0.126. The minimum Gasteiger partial charge on any atom is -0.276 e. The van der Waals surface area contributed by atoms with Crippen LogP contribution < -0.4 is 4.72 Å². The second-order valence-corrected chi connectivity index (χ2v) is 7.53. The number of halogens is 2.